The fourth-order valence-electron chi connectivity index (χ4n) is 4.31. The average Bonchev–Trinajstić information content (AvgIpc) is 2.88. The Bertz CT molecular complexity index is 1390. The molecule has 1 atom stereocenters. The Labute approximate surface area is 224 Å². The molecule has 1 N–H and O–H groups in total. The minimum Gasteiger partial charge on any atom is -0.357 e. The van der Waals surface area contributed by atoms with Gasteiger partial charge in [-0.05, 0) is 68.7 Å². The summed E-state index contributed by atoms with van der Waals surface area (Å²) in [6.45, 7) is 6.82. The molecule has 0 unspecified atom stereocenters. The van der Waals surface area contributed by atoms with Crippen LogP contribution in [0.4, 0.5) is 10.1 Å². The highest BCUT2D eigenvalue weighted by atomic mass is 32.2. The van der Waals surface area contributed by atoms with Crippen molar-refractivity contribution >= 4 is 27.5 Å². The van der Waals surface area contributed by atoms with E-state index in [1.165, 1.54) is 48.3 Å². The molecular weight excluding hydrogens is 505 g/mol. The summed E-state index contributed by atoms with van der Waals surface area (Å²) in [5.74, 6) is -1.35. The molecule has 0 aliphatic carbocycles. The number of anilines is 1. The topological polar surface area (TPSA) is 86.8 Å². The highest BCUT2D eigenvalue weighted by Gasteiger charge is 2.33. The van der Waals surface area contributed by atoms with Gasteiger partial charge >= 0.3 is 0 Å². The van der Waals surface area contributed by atoms with Crippen molar-refractivity contribution in [3.8, 4) is 0 Å². The summed E-state index contributed by atoms with van der Waals surface area (Å²) >= 11 is 0. The van der Waals surface area contributed by atoms with E-state index >= 15 is 0 Å². The Morgan fingerprint density at radius 2 is 1.53 bits per heavy atom. The van der Waals surface area contributed by atoms with E-state index in [0.717, 1.165) is 15.4 Å². The van der Waals surface area contributed by atoms with Crippen molar-refractivity contribution in [1.29, 1.82) is 0 Å². The molecule has 0 saturated carbocycles. The van der Waals surface area contributed by atoms with Crippen LogP contribution in [0.15, 0.2) is 71.6 Å². The molecule has 3 aromatic carbocycles. The van der Waals surface area contributed by atoms with Gasteiger partial charge in [-0.2, -0.15) is 0 Å². The highest BCUT2D eigenvalue weighted by Crippen LogP contribution is 2.28. The monoisotopic (exact) mass is 539 g/mol. The number of carbonyl (C=O) groups is 2. The maximum absolute atomic E-state index is 13.9. The number of benzene rings is 3. The van der Waals surface area contributed by atoms with Gasteiger partial charge in [0.1, 0.15) is 18.4 Å². The summed E-state index contributed by atoms with van der Waals surface area (Å²) in [6.07, 6.45) is 0.306. The molecule has 0 radical (unpaired) electrons. The van der Waals surface area contributed by atoms with Gasteiger partial charge in [0.2, 0.25) is 11.8 Å². The molecular formula is C29H34FN3O4S. The third-order valence-electron chi connectivity index (χ3n) is 6.41. The molecule has 3 rings (SSSR count). The van der Waals surface area contributed by atoms with E-state index in [9.17, 15) is 22.4 Å². The van der Waals surface area contributed by atoms with Gasteiger partial charge in [-0.1, -0.05) is 54.4 Å². The number of halogens is 1. The summed E-state index contributed by atoms with van der Waals surface area (Å²) in [7, 11) is -2.65. The predicted molar refractivity (Wildman–Crippen MR) is 147 cm³/mol. The summed E-state index contributed by atoms with van der Waals surface area (Å²) in [5, 5.41) is 2.58. The number of amides is 2. The molecule has 0 aromatic heterocycles. The number of rotatable bonds is 10. The molecule has 0 heterocycles. The molecule has 0 spiro atoms. The Morgan fingerprint density at radius 3 is 2.08 bits per heavy atom. The molecule has 3 aromatic rings. The van der Waals surface area contributed by atoms with Crippen LogP contribution in [0.3, 0.4) is 0 Å². The lowest BCUT2D eigenvalue weighted by molar-refractivity contribution is -0.140. The smallest absolute Gasteiger partial charge is 0.264 e. The first kappa shape index (κ1) is 28.8. The van der Waals surface area contributed by atoms with Gasteiger partial charge in [0.15, 0.2) is 0 Å². The molecule has 0 aliphatic rings. The maximum atomic E-state index is 13.9. The molecule has 7 nitrogen and oxygen atoms in total. The summed E-state index contributed by atoms with van der Waals surface area (Å²) < 4.78 is 42.4. The molecule has 0 fully saturated rings. The van der Waals surface area contributed by atoms with Gasteiger partial charge in [0.25, 0.3) is 10.0 Å². The van der Waals surface area contributed by atoms with Crippen LogP contribution in [0.2, 0.25) is 0 Å². The summed E-state index contributed by atoms with van der Waals surface area (Å²) in [5.41, 5.74) is 3.53. The van der Waals surface area contributed by atoms with E-state index in [1.54, 1.807) is 38.1 Å². The molecule has 202 valence electrons. The largest absolute Gasteiger partial charge is 0.357 e. The van der Waals surface area contributed by atoms with Crippen LogP contribution in [0.25, 0.3) is 0 Å². The lowest BCUT2D eigenvalue weighted by atomic mass is 10.1. The molecule has 2 amide bonds. The van der Waals surface area contributed by atoms with Crippen molar-refractivity contribution < 1.29 is 22.4 Å². The number of hydrogen-bond donors (Lipinski definition) is 1. The first-order chi connectivity index (χ1) is 18.0. The van der Waals surface area contributed by atoms with Crippen LogP contribution in [0, 0.1) is 26.6 Å². The third-order valence-corrected chi connectivity index (χ3v) is 8.18. The van der Waals surface area contributed by atoms with Crippen molar-refractivity contribution in [2.45, 2.75) is 51.6 Å². The fraction of sp³-hybridized carbons (Fsp3) is 0.310. The second kappa shape index (κ2) is 12.2. The third kappa shape index (κ3) is 6.58. The Kier molecular flexibility index (Phi) is 9.27. The van der Waals surface area contributed by atoms with Gasteiger partial charge in [-0.15, -0.1) is 0 Å². The van der Waals surface area contributed by atoms with E-state index in [2.05, 4.69) is 5.32 Å². The molecule has 0 aliphatic heterocycles. The minimum absolute atomic E-state index is 0.0103. The molecule has 9 heteroatoms. The van der Waals surface area contributed by atoms with Crippen molar-refractivity contribution in [3.05, 3.63) is 94.8 Å². The quantitative estimate of drug-likeness (QED) is 0.411. The summed E-state index contributed by atoms with van der Waals surface area (Å²) in [4.78, 5) is 28.0. The first-order valence-corrected chi connectivity index (χ1v) is 13.8. The van der Waals surface area contributed by atoms with Gasteiger partial charge in [-0.3, -0.25) is 13.9 Å². The van der Waals surface area contributed by atoms with Crippen LogP contribution >= 0.6 is 0 Å². The number of nitrogens with zero attached hydrogens (tertiary/aromatic N) is 2. The van der Waals surface area contributed by atoms with Crippen molar-refractivity contribution in [2.75, 3.05) is 17.9 Å². The Balaban J connectivity index is 2.09. The van der Waals surface area contributed by atoms with Gasteiger partial charge < -0.3 is 10.2 Å². The highest BCUT2D eigenvalue weighted by molar-refractivity contribution is 7.92. The number of aryl methyl sites for hydroxylation is 3. The maximum Gasteiger partial charge on any atom is 0.264 e. The van der Waals surface area contributed by atoms with E-state index < -0.39 is 34.3 Å². The second-order valence-corrected chi connectivity index (χ2v) is 11.2. The number of carbonyl (C=O) groups excluding carboxylic acids is 2. The SMILES string of the molecule is CC[C@H](C(=O)NC)N(Cc1ccc(F)cc1)C(=O)CN(c1ccc(C)cc1C)S(=O)(=O)c1ccc(C)cc1. The fourth-order valence-corrected chi connectivity index (χ4v) is 5.79. The van der Waals surface area contributed by atoms with Crippen LogP contribution in [0.1, 0.15) is 35.6 Å². The normalized spacial score (nSPS) is 12.1. The van der Waals surface area contributed by atoms with Crippen LogP contribution < -0.4 is 9.62 Å². The van der Waals surface area contributed by atoms with Crippen molar-refractivity contribution in [2.24, 2.45) is 0 Å². The van der Waals surface area contributed by atoms with Crippen LogP contribution in [-0.2, 0) is 26.2 Å². The van der Waals surface area contributed by atoms with E-state index in [-0.39, 0.29) is 17.3 Å². The number of hydrogen-bond acceptors (Lipinski definition) is 4. The zero-order chi connectivity index (χ0) is 28.0. The van der Waals surface area contributed by atoms with Crippen LogP contribution in [-0.4, -0.2) is 44.8 Å². The number of sulfonamides is 1. The molecule has 38 heavy (non-hydrogen) atoms. The van der Waals surface area contributed by atoms with E-state index in [1.807, 2.05) is 19.9 Å². The van der Waals surface area contributed by atoms with Gasteiger partial charge in [-0.25, -0.2) is 12.8 Å². The zero-order valence-corrected chi connectivity index (χ0v) is 23.2. The number of likely N-dealkylation sites (N-methyl/N-ethyl adjacent to an activating group) is 1. The zero-order valence-electron chi connectivity index (χ0n) is 22.4. The predicted octanol–water partition coefficient (Wildman–Crippen LogP) is 4.50. The van der Waals surface area contributed by atoms with Gasteiger partial charge in [0, 0.05) is 13.6 Å². The standard InChI is InChI=1S/C29H34FN3O4S/c1-6-26(29(35)31-5)32(18-23-10-12-24(30)13-11-23)28(34)19-33(27-16-9-21(3)17-22(27)4)38(36,37)25-14-7-20(2)8-15-25/h7-17,26H,6,18-19H2,1-5H3,(H,31,35)/t26-/m1/s1. The number of nitrogens with one attached hydrogen (secondary N) is 1. The molecule has 0 saturated heterocycles. The minimum atomic E-state index is -4.14. The molecule has 0 bridgehead atoms. The lowest BCUT2D eigenvalue weighted by Crippen LogP contribution is -2.51. The van der Waals surface area contributed by atoms with Crippen molar-refractivity contribution in [3.63, 3.8) is 0 Å². The average molecular weight is 540 g/mol. The Morgan fingerprint density at radius 1 is 0.921 bits per heavy atom. The summed E-state index contributed by atoms with van der Waals surface area (Å²) in [6, 6.07) is 16.6. The first-order valence-electron chi connectivity index (χ1n) is 12.4. The van der Waals surface area contributed by atoms with Crippen LogP contribution in [0.5, 0.6) is 0 Å². The van der Waals surface area contributed by atoms with Crippen molar-refractivity contribution in [1.82, 2.24) is 10.2 Å². The lowest BCUT2D eigenvalue weighted by Gasteiger charge is -2.33. The second-order valence-electron chi connectivity index (χ2n) is 9.30. The Hall–Kier alpha value is -3.72. The van der Waals surface area contributed by atoms with Gasteiger partial charge in [0.05, 0.1) is 10.6 Å². The van der Waals surface area contributed by atoms with E-state index in [0.29, 0.717) is 23.2 Å². The van der Waals surface area contributed by atoms with E-state index in [4.69, 9.17) is 0 Å².